The lowest BCUT2D eigenvalue weighted by Crippen LogP contribution is -2.48. The first-order valence-corrected chi connectivity index (χ1v) is 10.7. The van der Waals surface area contributed by atoms with Gasteiger partial charge in [0, 0.05) is 37.7 Å². The van der Waals surface area contributed by atoms with Gasteiger partial charge in [-0.2, -0.15) is 4.31 Å². The molecule has 0 N–H and O–H groups in total. The molecule has 138 valence electrons. The van der Waals surface area contributed by atoms with Crippen LogP contribution >= 0.6 is 11.6 Å². The van der Waals surface area contributed by atoms with Gasteiger partial charge in [-0.25, -0.2) is 8.42 Å². The van der Waals surface area contributed by atoms with Crippen LogP contribution in [0.5, 0.6) is 0 Å². The van der Waals surface area contributed by atoms with E-state index >= 15 is 0 Å². The van der Waals surface area contributed by atoms with Gasteiger partial charge >= 0.3 is 0 Å². The van der Waals surface area contributed by atoms with E-state index in [2.05, 4.69) is 29.2 Å². The molecule has 4 nitrogen and oxygen atoms in total. The summed E-state index contributed by atoms with van der Waals surface area (Å²) in [7, 11) is -3.29. The van der Waals surface area contributed by atoms with Crippen LogP contribution in [-0.2, 0) is 15.8 Å². The van der Waals surface area contributed by atoms with Crippen LogP contribution < -0.4 is 0 Å². The second-order valence-electron chi connectivity index (χ2n) is 6.40. The van der Waals surface area contributed by atoms with Gasteiger partial charge < -0.3 is 0 Å². The van der Waals surface area contributed by atoms with Crippen molar-refractivity contribution in [2.24, 2.45) is 0 Å². The zero-order valence-corrected chi connectivity index (χ0v) is 16.2. The Bertz CT molecular complexity index is 828. The largest absolute Gasteiger partial charge is 0.297 e. The molecule has 0 saturated carbocycles. The number of halogens is 1. The molecule has 1 saturated heterocycles. The molecule has 2 aromatic rings. The lowest BCUT2D eigenvalue weighted by Gasteiger charge is -2.33. The molecule has 1 fully saturated rings. The van der Waals surface area contributed by atoms with E-state index in [0.717, 1.165) is 25.2 Å². The predicted molar refractivity (Wildman–Crippen MR) is 108 cm³/mol. The Balaban J connectivity index is 1.49. The molecule has 0 aromatic heterocycles. The standard InChI is InChI=1S/C20H23ClN2O2S/c21-20-10-8-19(9-11-20)17-26(24,25)23-15-13-22(14-16-23)12-4-7-18-5-2-1-3-6-18/h1-11H,12-17H2/b7-4+. The van der Waals surface area contributed by atoms with Crippen molar-refractivity contribution in [3.8, 4) is 0 Å². The number of sulfonamides is 1. The highest BCUT2D eigenvalue weighted by Gasteiger charge is 2.26. The Kier molecular flexibility index (Phi) is 6.48. The maximum atomic E-state index is 12.6. The van der Waals surface area contributed by atoms with Gasteiger partial charge in [0.05, 0.1) is 5.75 Å². The second-order valence-corrected chi connectivity index (χ2v) is 8.80. The van der Waals surface area contributed by atoms with Crippen molar-refractivity contribution in [2.75, 3.05) is 32.7 Å². The third kappa shape index (κ3) is 5.42. The Morgan fingerprint density at radius 1 is 0.923 bits per heavy atom. The van der Waals surface area contributed by atoms with Crippen LogP contribution in [0.15, 0.2) is 60.7 Å². The van der Waals surface area contributed by atoms with Crippen molar-refractivity contribution < 1.29 is 8.42 Å². The average molecular weight is 391 g/mol. The number of benzene rings is 2. The first-order valence-electron chi connectivity index (χ1n) is 8.69. The first-order chi connectivity index (χ1) is 12.5. The summed E-state index contributed by atoms with van der Waals surface area (Å²) in [5.74, 6) is 0.0259. The molecule has 1 aliphatic rings. The fourth-order valence-electron chi connectivity index (χ4n) is 2.97. The molecular formula is C20H23ClN2O2S. The van der Waals surface area contributed by atoms with E-state index in [4.69, 9.17) is 11.6 Å². The highest BCUT2D eigenvalue weighted by molar-refractivity contribution is 7.88. The van der Waals surface area contributed by atoms with Gasteiger partial charge in [0.2, 0.25) is 10.0 Å². The van der Waals surface area contributed by atoms with Crippen LogP contribution in [-0.4, -0.2) is 50.3 Å². The minimum atomic E-state index is -3.29. The summed E-state index contributed by atoms with van der Waals surface area (Å²) < 4.78 is 26.8. The molecule has 1 aliphatic heterocycles. The minimum Gasteiger partial charge on any atom is -0.297 e. The van der Waals surface area contributed by atoms with Crippen LogP contribution in [0, 0.1) is 0 Å². The van der Waals surface area contributed by atoms with Crippen molar-refractivity contribution in [1.29, 1.82) is 0 Å². The lowest BCUT2D eigenvalue weighted by atomic mass is 10.2. The molecule has 3 rings (SSSR count). The van der Waals surface area contributed by atoms with Crippen LogP contribution in [0.2, 0.25) is 5.02 Å². The molecule has 2 aromatic carbocycles. The average Bonchev–Trinajstić information content (AvgIpc) is 2.65. The maximum Gasteiger partial charge on any atom is 0.218 e. The molecule has 0 amide bonds. The van der Waals surface area contributed by atoms with Crippen LogP contribution in [0.25, 0.3) is 6.08 Å². The van der Waals surface area contributed by atoms with E-state index in [1.54, 1.807) is 28.6 Å². The summed E-state index contributed by atoms with van der Waals surface area (Å²) in [6, 6.07) is 17.2. The topological polar surface area (TPSA) is 40.6 Å². The third-order valence-electron chi connectivity index (χ3n) is 4.46. The van der Waals surface area contributed by atoms with Crippen molar-refractivity contribution >= 4 is 27.7 Å². The van der Waals surface area contributed by atoms with E-state index in [0.29, 0.717) is 18.1 Å². The highest BCUT2D eigenvalue weighted by atomic mass is 35.5. The minimum absolute atomic E-state index is 0.0259. The number of rotatable bonds is 6. The molecular weight excluding hydrogens is 368 g/mol. The normalized spacial score (nSPS) is 17.0. The third-order valence-corrected chi connectivity index (χ3v) is 6.56. The van der Waals surface area contributed by atoms with E-state index in [1.165, 1.54) is 5.56 Å². The summed E-state index contributed by atoms with van der Waals surface area (Å²) in [5.41, 5.74) is 1.94. The molecule has 0 atom stereocenters. The molecule has 6 heteroatoms. The Hall–Kier alpha value is -1.66. The summed E-state index contributed by atoms with van der Waals surface area (Å²) in [6.45, 7) is 3.40. The van der Waals surface area contributed by atoms with Gasteiger partial charge in [0.15, 0.2) is 0 Å². The van der Waals surface area contributed by atoms with Gasteiger partial charge in [-0.1, -0.05) is 66.2 Å². The summed E-state index contributed by atoms with van der Waals surface area (Å²) in [4.78, 5) is 2.27. The highest BCUT2D eigenvalue weighted by Crippen LogP contribution is 2.16. The molecule has 0 spiro atoms. The molecule has 0 unspecified atom stereocenters. The maximum absolute atomic E-state index is 12.6. The van der Waals surface area contributed by atoms with E-state index in [-0.39, 0.29) is 5.75 Å². The number of nitrogens with zero attached hydrogens (tertiary/aromatic N) is 2. The molecule has 26 heavy (non-hydrogen) atoms. The summed E-state index contributed by atoms with van der Waals surface area (Å²) in [6.07, 6.45) is 4.23. The lowest BCUT2D eigenvalue weighted by molar-refractivity contribution is 0.204. The Morgan fingerprint density at radius 2 is 1.58 bits per heavy atom. The van der Waals surface area contributed by atoms with Gasteiger partial charge in [-0.3, -0.25) is 4.90 Å². The number of hydrogen-bond donors (Lipinski definition) is 0. The molecule has 0 radical (unpaired) electrons. The molecule has 0 bridgehead atoms. The SMILES string of the molecule is O=S(=O)(Cc1ccc(Cl)cc1)N1CCN(C/C=C/c2ccccc2)CC1. The second kappa shape index (κ2) is 8.82. The van der Waals surface area contributed by atoms with E-state index in [9.17, 15) is 8.42 Å². The Labute approximate surface area is 160 Å². The van der Waals surface area contributed by atoms with Gasteiger partial charge in [0.25, 0.3) is 0 Å². The summed E-state index contributed by atoms with van der Waals surface area (Å²) in [5, 5.41) is 0.614. The van der Waals surface area contributed by atoms with Crippen molar-refractivity contribution in [1.82, 2.24) is 9.21 Å². The van der Waals surface area contributed by atoms with Gasteiger partial charge in [-0.15, -0.1) is 0 Å². The molecule has 1 heterocycles. The summed E-state index contributed by atoms with van der Waals surface area (Å²) >= 11 is 5.86. The zero-order valence-electron chi connectivity index (χ0n) is 14.6. The van der Waals surface area contributed by atoms with Crippen LogP contribution in [0.3, 0.4) is 0 Å². The van der Waals surface area contributed by atoms with Crippen LogP contribution in [0.1, 0.15) is 11.1 Å². The molecule has 0 aliphatic carbocycles. The fourth-order valence-corrected chi connectivity index (χ4v) is 4.62. The van der Waals surface area contributed by atoms with E-state index < -0.39 is 10.0 Å². The number of piperazine rings is 1. The number of hydrogen-bond acceptors (Lipinski definition) is 3. The zero-order chi connectivity index (χ0) is 18.4. The smallest absolute Gasteiger partial charge is 0.218 e. The van der Waals surface area contributed by atoms with Crippen molar-refractivity contribution in [2.45, 2.75) is 5.75 Å². The van der Waals surface area contributed by atoms with Crippen molar-refractivity contribution in [3.63, 3.8) is 0 Å². The van der Waals surface area contributed by atoms with Crippen molar-refractivity contribution in [3.05, 3.63) is 76.8 Å². The quantitative estimate of drug-likeness (QED) is 0.757. The van der Waals surface area contributed by atoms with E-state index in [1.807, 2.05) is 18.2 Å². The Morgan fingerprint density at radius 3 is 2.23 bits per heavy atom. The van der Waals surface area contributed by atoms with Crippen LogP contribution in [0.4, 0.5) is 0 Å². The predicted octanol–water partition coefficient (Wildman–Crippen LogP) is 3.50. The first kappa shape index (κ1) is 19.1. The monoisotopic (exact) mass is 390 g/mol. The van der Waals surface area contributed by atoms with Gasteiger partial charge in [-0.05, 0) is 23.3 Å². The van der Waals surface area contributed by atoms with Gasteiger partial charge in [0.1, 0.15) is 0 Å². The fraction of sp³-hybridized carbons (Fsp3) is 0.300.